The number of methoxy groups -OCH3 is 2. The van der Waals surface area contributed by atoms with Crippen LogP contribution in [0.1, 0.15) is 11.7 Å². The molecule has 6 heteroatoms. The molecule has 3 rings (SSSR count). The van der Waals surface area contributed by atoms with Crippen molar-refractivity contribution in [3.8, 4) is 11.5 Å². The smallest absolute Gasteiger partial charge is 0.412 e. The summed E-state index contributed by atoms with van der Waals surface area (Å²) in [5.41, 5.74) is 1.27. The fraction of sp³-hybridized carbons (Fsp3) is 0.174. The van der Waals surface area contributed by atoms with Gasteiger partial charge in [0.1, 0.15) is 17.6 Å². The van der Waals surface area contributed by atoms with Gasteiger partial charge in [0.05, 0.1) is 7.11 Å². The molecule has 0 aliphatic heterocycles. The number of carbonyl (C=O) groups is 1. The molecule has 0 bridgehead atoms. The second kappa shape index (κ2) is 9.12. The third-order valence-corrected chi connectivity index (χ3v) is 4.61. The van der Waals surface area contributed by atoms with E-state index in [4.69, 9.17) is 14.2 Å². The molecule has 0 aromatic heterocycles. The lowest BCUT2D eigenvalue weighted by molar-refractivity contribution is 0.00673. The van der Waals surface area contributed by atoms with Gasteiger partial charge in [-0.05, 0) is 35.7 Å². The molecule has 29 heavy (non-hydrogen) atoms. The van der Waals surface area contributed by atoms with E-state index in [0.717, 1.165) is 5.39 Å². The zero-order valence-electron chi connectivity index (χ0n) is 16.3. The number of nitrogens with one attached hydrogen (secondary N) is 1. The first-order chi connectivity index (χ1) is 14.1. The number of anilines is 1. The lowest BCUT2D eigenvalue weighted by atomic mass is 9.96. The number of amides is 1. The summed E-state index contributed by atoms with van der Waals surface area (Å²) >= 11 is 0. The van der Waals surface area contributed by atoms with Gasteiger partial charge in [-0.25, -0.2) is 4.79 Å². The minimum Gasteiger partial charge on any atom is -0.507 e. The van der Waals surface area contributed by atoms with Crippen molar-refractivity contribution in [2.75, 3.05) is 19.5 Å². The molecule has 0 spiro atoms. The molecule has 0 saturated heterocycles. The zero-order chi connectivity index (χ0) is 20.8. The van der Waals surface area contributed by atoms with Crippen LogP contribution in [0.15, 0.2) is 73.3 Å². The number of rotatable bonds is 7. The van der Waals surface area contributed by atoms with E-state index in [1.54, 1.807) is 55.7 Å². The second-order valence-electron chi connectivity index (χ2n) is 6.33. The van der Waals surface area contributed by atoms with Crippen molar-refractivity contribution in [2.24, 2.45) is 0 Å². The van der Waals surface area contributed by atoms with Crippen molar-refractivity contribution in [3.05, 3.63) is 78.9 Å². The minimum absolute atomic E-state index is 0.151. The molecule has 3 aromatic rings. The lowest BCUT2D eigenvalue weighted by Crippen LogP contribution is -2.26. The van der Waals surface area contributed by atoms with Crippen LogP contribution in [0.4, 0.5) is 10.5 Å². The average molecular weight is 393 g/mol. The maximum atomic E-state index is 12.6. The summed E-state index contributed by atoms with van der Waals surface area (Å²) in [6, 6.07) is 17.6. The summed E-state index contributed by atoms with van der Waals surface area (Å²) in [6.07, 6.45) is -0.403. The van der Waals surface area contributed by atoms with E-state index in [0.29, 0.717) is 22.4 Å². The van der Waals surface area contributed by atoms with Crippen molar-refractivity contribution < 1.29 is 24.1 Å². The number of hydrogen-bond acceptors (Lipinski definition) is 5. The van der Waals surface area contributed by atoms with E-state index in [9.17, 15) is 9.90 Å². The van der Waals surface area contributed by atoms with Crippen LogP contribution in [0.5, 0.6) is 11.5 Å². The SMILES string of the molecule is C=C[C@@H](OC)[C@H](OC(=O)Nc1ccc(OC)cc1)c1ccc(O)c2ccccc12. The van der Waals surface area contributed by atoms with Crippen LogP contribution in [-0.4, -0.2) is 31.5 Å². The summed E-state index contributed by atoms with van der Waals surface area (Å²) in [4.78, 5) is 12.6. The number of phenolic OH excluding ortho intramolecular Hbond substituents is 1. The number of ether oxygens (including phenoxy) is 3. The van der Waals surface area contributed by atoms with Gasteiger partial charge in [-0.1, -0.05) is 36.4 Å². The molecule has 0 heterocycles. The Hall–Kier alpha value is -3.51. The normalized spacial score (nSPS) is 12.8. The van der Waals surface area contributed by atoms with Crippen LogP contribution in [0, 0.1) is 0 Å². The molecule has 0 radical (unpaired) electrons. The first-order valence-corrected chi connectivity index (χ1v) is 9.05. The molecule has 0 saturated carbocycles. The molecular formula is C23H23NO5. The number of aromatic hydroxyl groups is 1. The largest absolute Gasteiger partial charge is 0.507 e. The number of benzene rings is 3. The number of fused-ring (bicyclic) bond motifs is 1. The van der Waals surface area contributed by atoms with Gasteiger partial charge in [0.25, 0.3) is 0 Å². The van der Waals surface area contributed by atoms with Gasteiger partial charge in [-0.3, -0.25) is 5.32 Å². The van der Waals surface area contributed by atoms with Crippen molar-refractivity contribution >= 4 is 22.6 Å². The molecule has 2 atom stereocenters. The summed E-state index contributed by atoms with van der Waals surface area (Å²) in [5.74, 6) is 0.835. The third-order valence-electron chi connectivity index (χ3n) is 4.61. The number of phenols is 1. The van der Waals surface area contributed by atoms with Gasteiger partial charge in [-0.2, -0.15) is 0 Å². The Bertz CT molecular complexity index is 1000. The maximum absolute atomic E-state index is 12.6. The topological polar surface area (TPSA) is 77.0 Å². The van der Waals surface area contributed by atoms with Crippen LogP contribution >= 0.6 is 0 Å². The Morgan fingerprint density at radius 3 is 2.34 bits per heavy atom. The van der Waals surface area contributed by atoms with Gasteiger partial charge >= 0.3 is 6.09 Å². The molecule has 3 aromatic carbocycles. The van der Waals surface area contributed by atoms with Crippen LogP contribution in [-0.2, 0) is 9.47 Å². The highest BCUT2D eigenvalue weighted by Gasteiger charge is 2.27. The molecule has 0 unspecified atom stereocenters. The lowest BCUT2D eigenvalue weighted by Gasteiger charge is -2.25. The Kier molecular flexibility index (Phi) is 6.36. The van der Waals surface area contributed by atoms with E-state index >= 15 is 0 Å². The van der Waals surface area contributed by atoms with Gasteiger partial charge in [0, 0.05) is 23.7 Å². The van der Waals surface area contributed by atoms with Gasteiger partial charge < -0.3 is 19.3 Å². The van der Waals surface area contributed by atoms with Crippen LogP contribution in [0.25, 0.3) is 10.8 Å². The summed E-state index contributed by atoms with van der Waals surface area (Å²) in [7, 11) is 3.09. The third kappa shape index (κ3) is 4.50. The van der Waals surface area contributed by atoms with Crippen LogP contribution < -0.4 is 10.1 Å². The monoisotopic (exact) mass is 393 g/mol. The van der Waals surface area contributed by atoms with Crippen LogP contribution in [0.2, 0.25) is 0 Å². The van der Waals surface area contributed by atoms with E-state index in [2.05, 4.69) is 11.9 Å². The zero-order valence-corrected chi connectivity index (χ0v) is 16.3. The predicted octanol–water partition coefficient (Wildman–Crippen LogP) is 5.04. The molecule has 0 aliphatic rings. The second-order valence-corrected chi connectivity index (χ2v) is 6.33. The van der Waals surface area contributed by atoms with Crippen LogP contribution in [0.3, 0.4) is 0 Å². The molecule has 0 aliphatic carbocycles. The fourth-order valence-electron chi connectivity index (χ4n) is 3.14. The molecule has 0 fully saturated rings. The van der Waals surface area contributed by atoms with Crippen molar-refractivity contribution in [3.63, 3.8) is 0 Å². The summed E-state index contributed by atoms with van der Waals surface area (Å²) in [6.45, 7) is 3.79. The molecule has 2 N–H and O–H groups in total. The van der Waals surface area contributed by atoms with Crippen molar-refractivity contribution in [1.29, 1.82) is 0 Å². The van der Waals surface area contributed by atoms with E-state index < -0.39 is 18.3 Å². The van der Waals surface area contributed by atoms with Gasteiger partial charge in [-0.15, -0.1) is 6.58 Å². The van der Waals surface area contributed by atoms with E-state index in [1.165, 1.54) is 7.11 Å². The fourth-order valence-corrected chi connectivity index (χ4v) is 3.14. The highest BCUT2D eigenvalue weighted by Crippen LogP contribution is 2.35. The van der Waals surface area contributed by atoms with Gasteiger partial charge in [0.15, 0.2) is 6.10 Å². The molecular weight excluding hydrogens is 370 g/mol. The van der Waals surface area contributed by atoms with Crippen molar-refractivity contribution in [1.82, 2.24) is 0 Å². The Labute approximate surface area is 169 Å². The first-order valence-electron chi connectivity index (χ1n) is 9.05. The molecule has 6 nitrogen and oxygen atoms in total. The maximum Gasteiger partial charge on any atom is 0.412 e. The minimum atomic E-state index is -0.763. The molecule has 1 amide bonds. The number of hydrogen-bond donors (Lipinski definition) is 2. The highest BCUT2D eigenvalue weighted by molar-refractivity contribution is 5.91. The quantitative estimate of drug-likeness (QED) is 0.550. The van der Waals surface area contributed by atoms with Gasteiger partial charge in [0.2, 0.25) is 0 Å². The van der Waals surface area contributed by atoms with E-state index in [-0.39, 0.29) is 5.75 Å². The highest BCUT2D eigenvalue weighted by atomic mass is 16.6. The molecule has 150 valence electrons. The summed E-state index contributed by atoms with van der Waals surface area (Å²) < 4.78 is 16.3. The average Bonchev–Trinajstić information content (AvgIpc) is 2.75. The van der Waals surface area contributed by atoms with Crippen molar-refractivity contribution in [2.45, 2.75) is 12.2 Å². The number of carbonyl (C=O) groups excluding carboxylic acids is 1. The first kappa shape index (κ1) is 20.2. The predicted molar refractivity (Wildman–Crippen MR) is 112 cm³/mol. The van der Waals surface area contributed by atoms with E-state index in [1.807, 2.05) is 18.2 Å². The summed E-state index contributed by atoms with van der Waals surface area (Å²) in [5, 5.41) is 14.3. The Morgan fingerprint density at radius 1 is 1.03 bits per heavy atom. The Balaban J connectivity index is 1.91. The standard InChI is InChI=1S/C23H23NO5/c1-4-21(28-3)22(19-13-14-20(25)18-8-6-5-7-17(18)19)29-23(26)24-15-9-11-16(27-2)12-10-15/h4-14,21-22,25H,1H2,2-3H3,(H,24,26)/t21-,22-/m1/s1. The Morgan fingerprint density at radius 2 is 1.72 bits per heavy atom.